The lowest BCUT2D eigenvalue weighted by Crippen LogP contribution is -2.46. The highest BCUT2D eigenvalue weighted by atomic mass is 16.4. The van der Waals surface area contributed by atoms with Crippen LogP contribution in [0.25, 0.3) is 0 Å². The van der Waals surface area contributed by atoms with Crippen molar-refractivity contribution < 1.29 is 14.7 Å². The summed E-state index contributed by atoms with van der Waals surface area (Å²) < 4.78 is 0. The molecule has 5 nitrogen and oxygen atoms in total. The normalized spacial score (nSPS) is 35.5. The van der Waals surface area contributed by atoms with Gasteiger partial charge in [-0.1, -0.05) is 12.8 Å². The van der Waals surface area contributed by atoms with Gasteiger partial charge in [0.2, 0.25) is 5.91 Å². The highest BCUT2D eigenvalue weighted by molar-refractivity contribution is 5.83. The van der Waals surface area contributed by atoms with Crippen LogP contribution in [0.15, 0.2) is 0 Å². The Kier molecular flexibility index (Phi) is 3.71. The van der Waals surface area contributed by atoms with Crippen molar-refractivity contribution in [2.75, 3.05) is 13.1 Å². The van der Waals surface area contributed by atoms with Gasteiger partial charge in [-0.2, -0.15) is 0 Å². The molecule has 112 valence electrons. The van der Waals surface area contributed by atoms with Crippen molar-refractivity contribution in [3.8, 4) is 0 Å². The van der Waals surface area contributed by atoms with Crippen molar-refractivity contribution in [3.63, 3.8) is 0 Å². The van der Waals surface area contributed by atoms with Crippen LogP contribution >= 0.6 is 0 Å². The van der Waals surface area contributed by atoms with E-state index >= 15 is 0 Å². The Bertz CT molecular complexity index is 404. The van der Waals surface area contributed by atoms with Crippen LogP contribution in [0.4, 0.5) is 0 Å². The predicted octanol–water partition coefficient (Wildman–Crippen LogP) is 1.14. The van der Waals surface area contributed by atoms with Crippen LogP contribution in [0.2, 0.25) is 0 Å². The molecular weight excluding hydrogens is 256 g/mol. The van der Waals surface area contributed by atoms with E-state index < -0.39 is 11.9 Å². The number of carboxylic acid groups (broad SMARTS) is 1. The molecule has 20 heavy (non-hydrogen) atoms. The topological polar surface area (TPSA) is 78.4 Å². The highest BCUT2D eigenvalue weighted by Gasteiger charge is 2.58. The summed E-state index contributed by atoms with van der Waals surface area (Å²) in [7, 11) is 0. The number of amides is 1. The Hall–Kier alpha value is -1.10. The maximum atomic E-state index is 12.4. The first-order valence-corrected chi connectivity index (χ1v) is 7.86. The molecular formula is C15H24N2O3. The number of carboxylic acids is 1. The summed E-state index contributed by atoms with van der Waals surface area (Å²) in [4.78, 5) is 23.7. The van der Waals surface area contributed by atoms with Crippen LogP contribution in [0, 0.1) is 17.3 Å². The Labute approximate surface area is 119 Å². The van der Waals surface area contributed by atoms with Crippen LogP contribution in [-0.2, 0) is 9.59 Å². The van der Waals surface area contributed by atoms with E-state index in [1.165, 1.54) is 0 Å². The number of carbonyl (C=O) groups excluding carboxylic acids is 1. The van der Waals surface area contributed by atoms with Gasteiger partial charge in [-0.25, -0.2) is 0 Å². The lowest BCUT2D eigenvalue weighted by molar-refractivity contribution is -0.144. The number of piperidine rings is 1. The molecule has 0 aromatic heterocycles. The Morgan fingerprint density at radius 1 is 1.15 bits per heavy atom. The molecule has 2 saturated carbocycles. The van der Waals surface area contributed by atoms with Gasteiger partial charge in [-0.3, -0.25) is 9.59 Å². The van der Waals surface area contributed by atoms with Crippen LogP contribution < -0.4 is 10.6 Å². The van der Waals surface area contributed by atoms with Gasteiger partial charge in [-0.05, 0) is 50.6 Å². The van der Waals surface area contributed by atoms with Crippen LogP contribution in [0.5, 0.6) is 0 Å². The molecule has 0 aromatic carbocycles. The van der Waals surface area contributed by atoms with E-state index in [1.807, 2.05) is 0 Å². The van der Waals surface area contributed by atoms with Gasteiger partial charge < -0.3 is 15.7 Å². The number of carbonyl (C=O) groups is 2. The van der Waals surface area contributed by atoms with E-state index in [0.717, 1.165) is 51.6 Å². The summed E-state index contributed by atoms with van der Waals surface area (Å²) in [6.07, 6.45) is 6.64. The van der Waals surface area contributed by atoms with Crippen LogP contribution in [-0.4, -0.2) is 36.1 Å². The molecule has 1 saturated heterocycles. The average molecular weight is 280 g/mol. The van der Waals surface area contributed by atoms with Gasteiger partial charge in [0.1, 0.15) is 0 Å². The quantitative estimate of drug-likeness (QED) is 0.724. The summed E-state index contributed by atoms with van der Waals surface area (Å²) in [5.41, 5.74) is 0.225. The molecule has 3 N–H and O–H groups in total. The minimum absolute atomic E-state index is 0.102. The molecule has 2 aliphatic carbocycles. The second kappa shape index (κ2) is 5.35. The van der Waals surface area contributed by atoms with Gasteiger partial charge in [0.05, 0.1) is 5.92 Å². The zero-order valence-electron chi connectivity index (χ0n) is 11.9. The van der Waals surface area contributed by atoms with E-state index in [-0.39, 0.29) is 23.3 Å². The zero-order chi connectivity index (χ0) is 14.2. The first kappa shape index (κ1) is 13.9. The zero-order valence-corrected chi connectivity index (χ0v) is 11.9. The van der Waals surface area contributed by atoms with Crippen molar-refractivity contribution in [2.45, 2.75) is 51.0 Å². The average Bonchev–Trinajstić information content (AvgIpc) is 3.13. The van der Waals surface area contributed by atoms with Crippen molar-refractivity contribution in [1.82, 2.24) is 10.6 Å². The maximum Gasteiger partial charge on any atom is 0.308 e. The van der Waals surface area contributed by atoms with E-state index in [9.17, 15) is 14.7 Å². The second-order valence-corrected chi connectivity index (χ2v) is 6.71. The molecule has 0 radical (unpaired) electrons. The van der Waals surface area contributed by atoms with E-state index in [0.29, 0.717) is 6.42 Å². The highest BCUT2D eigenvalue weighted by Crippen LogP contribution is 2.58. The van der Waals surface area contributed by atoms with Gasteiger partial charge in [0, 0.05) is 12.0 Å². The van der Waals surface area contributed by atoms with E-state index in [4.69, 9.17) is 0 Å². The molecule has 5 heteroatoms. The third-order valence-electron chi connectivity index (χ3n) is 5.52. The lowest BCUT2D eigenvalue weighted by atomic mass is 9.84. The minimum atomic E-state index is -0.762. The van der Waals surface area contributed by atoms with Gasteiger partial charge in [-0.15, -0.1) is 0 Å². The minimum Gasteiger partial charge on any atom is -0.481 e. The number of rotatable bonds is 3. The Morgan fingerprint density at radius 3 is 2.55 bits per heavy atom. The Balaban J connectivity index is 1.57. The lowest BCUT2D eigenvalue weighted by Gasteiger charge is -2.30. The molecule has 1 amide bonds. The largest absolute Gasteiger partial charge is 0.481 e. The van der Waals surface area contributed by atoms with Crippen LogP contribution in [0.3, 0.4) is 0 Å². The van der Waals surface area contributed by atoms with Crippen molar-refractivity contribution in [2.24, 2.45) is 17.3 Å². The third-order valence-corrected chi connectivity index (χ3v) is 5.52. The summed E-state index contributed by atoms with van der Waals surface area (Å²) in [5, 5.41) is 15.6. The fourth-order valence-corrected chi connectivity index (χ4v) is 4.08. The van der Waals surface area contributed by atoms with Crippen molar-refractivity contribution in [1.29, 1.82) is 0 Å². The fourth-order valence-electron chi connectivity index (χ4n) is 4.08. The standard InChI is InChI=1S/C15H24N2O3/c18-13(11-9-15(11)5-7-16-8-6-15)17-12-4-2-1-3-10(12)14(19)20/h10-12,16H,1-9H2,(H,17,18)(H,19,20). The van der Waals surface area contributed by atoms with Crippen molar-refractivity contribution in [3.05, 3.63) is 0 Å². The maximum absolute atomic E-state index is 12.4. The summed E-state index contributed by atoms with van der Waals surface area (Å²) in [5.74, 6) is -0.927. The molecule has 3 fully saturated rings. The monoisotopic (exact) mass is 280 g/mol. The molecule has 1 heterocycles. The molecule has 0 bridgehead atoms. The number of hydrogen-bond acceptors (Lipinski definition) is 3. The fraction of sp³-hybridized carbons (Fsp3) is 0.867. The van der Waals surface area contributed by atoms with Gasteiger partial charge in [0.25, 0.3) is 0 Å². The smallest absolute Gasteiger partial charge is 0.308 e. The first-order valence-electron chi connectivity index (χ1n) is 7.86. The summed E-state index contributed by atoms with van der Waals surface area (Å²) >= 11 is 0. The third kappa shape index (κ3) is 2.55. The number of nitrogens with one attached hydrogen (secondary N) is 2. The Morgan fingerprint density at radius 2 is 1.85 bits per heavy atom. The summed E-state index contributed by atoms with van der Waals surface area (Å²) in [6.45, 7) is 2.01. The first-order chi connectivity index (χ1) is 9.62. The molecule has 3 unspecified atom stereocenters. The van der Waals surface area contributed by atoms with E-state index in [2.05, 4.69) is 10.6 Å². The van der Waals surface area contributed by atoms with E-state index in [1.54, 1.807) is 0 Å². The van der Waals surface area contributed by atoms with Gasteiger partial charge in [0.15, 0.2) is 0 Å². The van der Waals surface area contributed by atoms with Crippen molar-refractivity contribution >= 4 is 11.9 Å². The predicted molar refractivity (Wildman–Crippen MR) is 74.2 cm³/mol. The SMILES string of the molecule is O=C(O)C1CCCCC1NC(=O)C1CC12CCNCC2. The molecule has 3 rings (SSSR count). The van der Waals surface area contributed by atoms with Gasteiger partial charge >= 0.3 is 5.97 Å². The van der Waals surface area contributed by atoms with Crippen LogP contribution in [0.1, 0.15) is 44.9 Å². The number of hydrogen-bond donors (Lipinski definition) is 3. The molecule has 3 atom stereocenters. The molecule has 0 aromatic rings. The number of aliphatic carboxylic acids is 1. The molecule has 1 aliphatic heterocycles. The summed E-state index contributed by atoms with van der Waals surface area (Å²) in [6, 6.07) is -0.159. The molecule has 1 spiro atoms. The molecule has 3 aliphatic rings. The second-order valence-electron chi connectivity index (χ2n) is 6.71.